The molecule has 104 valence electrons. The molecule has 0 aliphatic rings. The Kier molecular flexibility index (Phi) is 4.36. The Morgan fingerprint density at radius 2 is 2.10 bits per heavy atom. The van der Waals surface area contributed by atoms with Crippen LogP contribution < -0.4 is 5.32 Å². The third-order valence-electron chi connectivity index (χ3n) is 3.01. The molecule has 1 aromatic heterocycles. The summed E-state index contributed by atoms with van der Waals surface area (Å²) in [6.07, 6.45) is 3.03. The average molecular weight is 276 g/mol. The first-order chi connectivity index (χ1) is 9.61. The fraction of sp³-hybridized carbons (Fsp3) is 0.267. The molecule has 1 unspecified atom stereocenters. The van der Waals surface area contributed by atoms with E-state index in [1.807, 2.05) is 19.1 Å². The van der Waals surface area contributed by atoms with Gasteiger partial charge in [0, 0.05) is 12.5 Å². The van der Waals surface area contributed by atoms with E-state index in [2.05, 4.69) is 5.32 Å². The van der Waals surface area contributed by atoms with Gasteiger partial charge in [0.05, 0.1) is 17.5 Å². The largest absolute Gasteiger partial charge is 0.469 e. The van der Waals surface area contributed by atoms with E-state index in [-0.39, 0.29) is 17.3 Å². The zero-order valence-electron chi connectivity index (χ0n) is 11.0. The standard InChI is InChI=1S/C15H14F2N2O/c1-10(4-6-12-3-2-8-20-12)19-13-7-5-11(9-18)14(16)15(13)17/h2-3,5,7-8,10,19H,4,6H2,1H3. The highest BCUT2D eigenvalue weighted by molar-refractivity contribution is 5.50. The minimum atomic E-state index is -1.12. The summed E-state index contributed by atoms with van der Waals surface area (Å²) in [6, 6.07) is 7.87. The molecular formula is C15H14F2N2O. The second-order valence-electron chi connectivity index (χ2n) is 4.56. The molecule has 1 aromatic carbocycles. The molecule has 0 spiro atoms. The molecule has 20 heavy (non-hydrogen) atoms. The van der Waals surface area contributed by atoms with Crippen LogP contribution >= 0.6 is 0 Å². The van der Waals surface area contributed by atoms with Crippen molar-refractivity contribution in [2.45, 2.75) is 25.8 Å². The molecule has 0 saturated carbocycles. The van der Waals surface area contributed by atoms with Crippen LogP contribution in [0.4, 0.5) is 14.5 Å². The minimum absolute atomic E-state index is 0.0538. The molecule has 0 radical (unpaired) electrons. The second-order valence-corrected chi connectivity index (χ2v) is 4.56. The molecule has 0 aliphatic carbocycles. The predicted octanol–water partition coefficient (Wildman–Crippen LogP) is 3.86. The van der Waals surface area contributed by atoms with E-state index in [1.165, 1.54) is 12.1 Å². The van der Waals surface area contributed by atoms with Gasteiger partial charge in [-0.15, -0.1) is 0 Å². The lowest BCUT2D eigenvalue weighted by molar-refractivity contribution is 0.491. The molecule has 0 amide bonds. The molecular weight excluding hydrogens is 262 g/mol. The lowest BCUT2D eigenvalue weighted by Crippen LogP contribution is -2.17. The van der Waals surface area contributed by atoms with Gasteiger partial charge < -0.3 is 9.73 Å². The third-order valence-corrected chi connectivity index (χ3v) is 3.01. The second kappa shape index (κ2) is 6.20. The van der Waals surface area contributed by atoms with Crippen LogP contribution in [0, 0.1) is 23.0 Å². The van der Waals surface area contributed by atoms with Crippen molar-refractivity contribution in [1.82, 2.24) is 0 Å². The first-order valence-electron chi connectivity index (χ1n) is 6.29. The number of nitriles is 1. The maximum absolute atomic E-state index is 13.7. The van der Waals surface area contributed by atoms with Crippen molar-refractivity contribution < 1.29 is 13.2 Å². The molecule has 1 N–H and O–H groups in total. The Morgan fingerprint density at radius 3 is 2.75 bits per heavy atom. The fourth-order valence-electron chi connectivity index (χ4n) is 1.90. The molecule has 2 aromatic rings. The van der Waals surface area contributed by atoms with E-state index in [0.29, 0.717) is 12.8 Å². The Morgan fingerprint density at radius 1 is 1.30 bits per heavy atom. The number of furan rings is 1. The highest BCUT2D eigenvalue weighted by Crippen LogP contribution is 2.21. The maximum atomic E-state index is 13.7. The highest BCUT2D eigenvalue weighted by atomic mass is 19.2. The van der Waals surface area contributed by atoms with Crippen molar-refractivity contribution in [3.63, 3.8) is 0 Å². The first-order valence-corrected chi connectivity index (χ1v) is 6.29. The molecule has 0 saturated heterocycles. The quantitative estimate of drug-likeness (QED) is 0.902. The summed E-state index contributed by atoms with van der Waals surface area (Å²) in [6.45, 7) is 1.87. The van der Waals surface area contributed by atoms with Crippen molar-refractivity contribution >= 4 is 5.69 Å². The van der Waals surface area contributed by atoms with Gasteiger partial charge in [-0.1, -0.05) is 0 Å². The van der Waals surface area contributed by atoms with Crippen LogP contribution in [0.2, 0.25) is 0 Å². The summed E-state index contributed by atoms with van der Waals surface area (Å²) in [7, 11) is 0. The molecule has 1 atom stereocenters. The van der Waals surface area contributed by atoms with E-state index >= 15 is 0 Å². The lowest BCUT2D eigenvalue weighted by atomic mass is 10.1. The maximum Gasteiger partial charge on any atom is 0.183 e. The highest BCUT2D eigenvalue weighted by Gasteiger charge is 2.14. The van der Waals surface area contributed by atoms with E-state index < -0.39 is 11.6 Å². The number of hydrogen-bond donors (Lipinski definition) is 1. The van der Waals surface area contributed by atoms with E-state index in [4.69, 9.17) is 9.68 Å². The lowest BCUT2D eigenvalue weighted by Gasteiger charge is -2.15. The third kappa shape index (κ3) is 3.15. The molecule has 0 bridgehead atoms. The van der Waals surface area contributed by atoms with E-state index in [9.17, 15) is 8.78 Å². The molecule has 3 nitrogen and oxygen atoms in total. The summed E-state index contributed by atoms with van der Waals surface area (Å²) >= 11 is 0. The van der Waals surface area contributed by atoms with Gasteiger partial charge in [-0.05, 0) is 37.6 Å². The van der Waals surface area contributed by atoms with Crippen molar-refractivity contribution in [2.75, 3.05) is 5.32 Å². The zero-order valence-corrected chi connectivity index (χ0v) is 11.0. The minimum Gasteiger partial charge on any atom is -0.469 e. The van der Waals surface area contributed by atoms with Crippen LogP contribution in [-0.2, 0) is 6.42 Å². The number of anilines is 1. The molecule has 2 rings (SSSR count). The smallest absolute Gasteiger partial charge is 0.183 e. The van der Waals surface area contributed by atoms with E-state index in [0.717, 1.165) is 5.76 Å². The number of nitrogens with zero attached hydrogens (tertiary/aromatic N) is 1. The van der Waals surface area contributed by atoms with Gasteiger partial charge >= 0.3 is 0 Å². The topological polar surface area (TPSA) is 49.0 Å². The molecule has 0 aliphatic heterocycles. The van der Waals surface area contributed by atoms with Gasteiger partial charge in [-0.25, -0.2) is 8.78 Å². The van der Waals surface area contributed by atoms with Crippen LogP contribution in [0.5, 0.6) is 0 Å². The van der Waals surface area contributed by atoms with Gasteiger partial charge in [0.2, 0.25) is 0 Å². The Balaban J connectivity index is 1.99. The van der Waals surface area contributed by atoms with Crippen molar-refractivity contribution in [1.29, 1.82) is 5.26 Å². The Bertz CT molecular complexity index is 618. The summed E-state index contributed by atoms with van der Waals surface area (Å²) in [4.78, 5) is 0. The van der Waals surface area contributed by atoms with Crippen molar-refractivity contribution in [3.8, 4) is 6.07 Å². The van der Waals surface area contributed by atoms with Crippen LogP contribution in [0.15, 0.2) is 34.9 Å². The van der Waals surface area contributed by atoms with Crippen LogP contribution in [0.3, 0.4) is 0 Å². The number of benzene rings is 1. The fourth-order valence-corrected chi connectivity index (χ4v) is 1.90. The number of rotatable bonds is 5. The van der Waals surface area contributed by atoms with Gasteiger partial charge in [-0.2, -0.15) is 5.26 Å². The number of hydrogen-bond acceptors (Lipinski definition) is 3. The Labute approximate surface area is 115 Å². The molecule has 5 heteroatoms. The van der Waals surface area contributed by atoms with Gasteiger partial charge in [0.25, 0.3) is 0 Å². The van der Waals surface area contributed by atoms with Gasteiger partial charge in [0.1, 0.15) is 11.8 Å². The van der Waals surface area contributed by atoms with Crippen LogP contribution in [-0.4, -0.2) is 6.04 Å². The molecule has 1 heterocycles. The summed E-state index contributed by atoms with van der Waals surface area (Å²) in [5.41, 5.74) is -0.232. The molecule has 0 fully saturated rings. The zero-order chi connectivity index (χ0) is 14.5. The average Bonchev–Trinajstić information content (AvgIpc) is 2.95. The van der Waals surface area contributed by atoms with Crippen molar-refractivity contribution in [3.05, 3.63) is 53.5 Å². The number of aryl methyl sites for hydroxylation is 1. The summed E-state index contributed by atoms with van der Waals surface area (Å²) in [5, 5.41) is 11.5. The van der Waals surface area contributed by atoms with E-state index in [1.54, 1.807) is 12.3 Å². The number of halogens is 2. The SMILES string of the molecule is CC(CCc1ccco1)Nc1ccc(C#N)c(F)c1F. The summed E-state index contributed by atoms with van der Waals surface area (Å²) < 4.78 is 32.4. The van der Waals surface area contributed by atoms with Crippen molar-refractivity contribution in [2.24, 2.45) is 0 Å². The van der Waals surface area contributed by atoms with Gasteiger partial charge in [0.15, 0.2) is 11.6 Å². The monoisotopic (exact) mass is 276 g/mol. The van der Waals surface area contributed by atoms with Gasteiger partial charge in [-0.3, -0.25) is 0 Å². The Hall–Kier alpha value is -2.35. The predicted molar refractivity (Wildman–Crippen MR) is 71.2 cm³/mol. The normalized spacial score (nSPS) is 11.9. The summed E-state index contributed by atoms with van der Waals surface area (Å²) in [5.74, 6) is -1.28. The van der Waals surface area contributed by atoms with Crippen LogP contribution in [0.1, 0.15) is 24.7 Å². The first kappa shape index (κ1) is 14.1. The van der Waals surface area contributed by atoms with Crippen LogP contribution in [0.25, 0.3) is 0 Å². The number of nitrogens with one attached hydrogen (secondary N) is 1.